The summed E-state index contributed by atoms with van der Waals surface area (Å²) in [5, 5.41) is 3.83. The predicted molar refractivity (Wildman–Crippen MR) is 49.3 cm³/mol. The molecular formula is C11H9NO. The van der Waals surface area contributed by atoms with Crippen molar-refractivity contribution in [2.24, 2.45) is 0 Å². The van der Waals surface area contributed by atoms with E-state index in [1.807, 2.05) is 6.20 Å². The van der Waals surface area contributed by atoms with Crippen molar-refractivity contribution in [3.05, 3.63) is 41.8 Å². The summed E-state index contributed by atoms with van der Waals surface area (Å²) < 4.78 is 5.16. The van der Waals surface area contributed by atoms with Crippen LogP contribution in [-0.4, -0.2) is 5.16 Å². The van der Waals surface area contributed by atoms with Gasteiger partial charge in [-0.05, 0) is 17.5 Å². The van der Waals surface area contributed by atoms with Gasteiger partial charge in [0.1, 0.15) is 5.76 Å². The summed E-state index contributed by atoms with van der Waals surface area (Å²) in [5.41, 5.74) is 3.85. The Morgan fingerprint density at radius 2 is 2.00 bits per heavy atom. The Kier molecular flexibility index (Phi) is 1.30. The number of rotatable bonds is 0. The van der Waals surface area contributed by atoms with Crippen molar-refractivity contribution in [2.75, 3.05) is 0 Å². The maximum absolute atomic E-state index is 5.16. The monoisotopic (exact) mass is 171 g/mol. The molecular weight excluding hydrogens is 162 g/mol. The molecule has 0 fully saturated rings. The molecule has 2 heteroatoms. The average Bonchev–Trinajstić information content (AvgIpc) is 2.65. The molecule has 0 N–H and O–H groups in total. The summed E-state index contributed by atoms with van der Waals surface area (Å²) in [6.45, 7) is 0. The Bertz CT molecular complexity index is 445. The van der Waals surface area contributed by atoms with E-state index in [1.165, 1.54) is 16.7 Å². The Labute approximate surface area is 76.2 Å². The molecule has 0 bridgehead atoms. The van der Waals surface area contributed by atoms with Crippen LogP contribution >= 0.6 is 0 Å². The lowest BCUT2D eigenvalue weighted by Gasteiger charge is -2.13. The maximum atomic E-state index is 5.16. The molecule has 3 rings (SSSR count). The Morgan fingerprint density at radius 3 is 3.00 bits per heavy atom. The first-order valence-corrected chi connectivity index (χ1v) is 4.47. The highest BCUT2D eigenvalue weighted by molar-refractivity contribution is 5.70. The lowest BCUT2D eigenvalue weighted by molar-refractivity contribution is 0.383. The SMILES string of the molecule is c1ccc2c(c1)CCc1oncc1-2. The second-order valence-corrected chi connectivity index (χ2v) is 3.32. The van der Waals surface area contributed by atoms with Gasteiger partial charge in [0.15, 0.2) is 0 Å². The van der Waals surface area contributed by atoms with Gasteiger partial charge in [-0.2, -0.15) is 0 Å². The van der Waals surface area contributed by atoms with Gasteiger partial charge in [0, 0.05) is 12.0 Å². The van der Waals surface area contributed by atoms with E-state index in [-0.39, 0.29) is 0 Å². The van der Waals surface area contributed by atoms with Crippen molar-refractivity contribution in [1.29, 1.82) is 0 Å². The molecule has 0 saturated heterocycles. The van der Waals surface area contributed by atoms with Crippen LogP contribution in [0.3, 0.4) is 0 Å². The number of hydrogen-bond acceptors (Lipinski definition) is 2. The zero-order chi connectivity index (χ0) is 8.67. The van der Waals surface area contributed by atoms with Gasteiger partial charge >= 0.3 is 0 Å². The van der Waals surface area contributed by atoms with Crippen molar-refractivity contribution in [1.82, 2.24) is 5.16 Å². The fourth-order valence-corrected chi connectivity index (χ4v) is 1.91. The lowest BCUT2D eigenvalue weighted by Crippen LogP contribution is -2.00. The molecule has 2 aromatic rings. The minimum absolute atomic E-state index is 0.979. The smallest absolute Gasteiger partial charge is 0.144 e. The van der Waals surface area contributed by atoms with Crippen LogP contribution in [0.5, 0.6) is 0 Å². The molecule has 1 aliphatic rings. The van der Waals surface area contributed by atoms with Crippen molar-refractivity contribution in [2.45, 2.75) is 12.8 Å². The molecule has 0 aliphatic heterocycles. The zero-order valence-electron chi connectivity index (χ0n) is 7.16. The van der Waals surface area contributed by atoms with Crippen LogP contribution in [0.4, 0.5) is 0 Å². The van der Waals surface area contributed by atoms with Crippen LogP contribution in [0.25, 0.3) is 11.1 Å². The van der Waals surface area contributed by atoms with Gasteiger partial charge in [-0.1, -0.05) is 29.4 Å². The summed E-state index contributed by atoms with van der Waals surface area (Å²) in [6.07, 6.45) is 3.86. The molecule has 1 aromatic heterocycles. The number of benzene rings is 1. The Balaban J connectivity index is 2.30. The molecule has 0 atom stereocenters. The first-order chi connectivity index (χ1) is 6.45. The van der Waals surface area contributed by atoms with E-state index in [9.17, 15) is 0 Å². The molecule has 64 valence electrons. The Morgan fingerprint density at radius 1 is 1.08 bits per heavy atom. The van der Waals surface area contributed by atoms with Crippen LogP contribution < -0.4 is 0 Å². The van der Waals surface area contributed by atoms with E-state index in [0.717, 1.165) is 18.6 Å². The third-order valence-electron chi connectivity index (χ3n) is 2.57. The number of aryl methyl sites for hydroxylation is 2. The molecule has 0 spiro atoms. The maximum Gasteiger partial charge on any atom is 0.144 e. The quantitative estimate of drug-likeness (QED) is 0.608. The summed E-state index contributed by atoms with van der Waals surface area (Å²) in [4.78, 5) is 0. The van der Waals surface area contributed by atoms with Crippen molar-refractivity contribution in [3.63, 3.8) is 0 Å². The normalized spacial score (nSPS) is 13.5. The minimum atomic E-state index is 0.979. The van der Waals surface area contributed by atoms with E-state index < -0.39 is 0 Å². The van der Waals surface area contributed by atoms with Gasteiger partial charge in [-0.25, -0.2) is 0 Å². The number of aromatic nitrogens is 1. The topological polar surface area (TPSA) is 26.0 Å². The van der Waals surface area contributed by atoms with E-state index in [0.29, 0.717) is 0 Å². The van der Waals surface area contributed by atoms with E-state index >= 15 is 0 Å². The number of fused-ring (bicyclic) bond motifs is 3. The van der Waals surface area contributed by atoms with E-state index in [2.05, 4.69) is 29.4 Å². The van der Waals surface area contributed by atoms with Gasteiger partial charge in [-0.3, -0.25) is 0 Å². The molecule has 0 saturated carbocycles. The number of hydrogen-bond donors (Lipinski definition) is 0. The van der Waals surface area contributed by atoms with Crippen LogP contribution in [0.2, 0.25) is 0 Å². The highest BCUT2D eigenvalue weighted by Gasteiger charge is 2.18. The van der Waals surface area contributed by atoms with Gasteiger partial charge in [0.05, 0.1) is 6.20 Å². The molecule has 0 amide bonds. The van der Waals surface area contributed by atoms with E-state index in [1.54, 1.807) is 0 Å². The fourth-order valence-electron chi connectivity index (χ4n) is 1.91. The second-order valence-electron chi connectivity index (χ2n) is 3.32. The highest BCUT2D eigenvalue weighted by Crippen LogP contribution is 2.32. The second kappa shape index (κ2) is 2.46. The molecule has 13 heavy (non-hydrogen) atoms. The highest BCUT2D eigenvalue weighted by atomic mass is 16.5. The molecule has 2 nitrogen and oxygen atoms in total. The largest absolute Gasteiger partial charge is 0.361 e. The van der Waals surface area contributed by atoms with Crippen molar-refractivity contribution < 1.29 is 4.52 Å². The Hall–Kier alpha value is -1.57. The predicted octanol–water partition coefficient (Wildman–Crippen LogP) is 2.44. The van der Waals surface area contributed by atoms with Crippen LogP contribution in [0, 0.1) is 0 Å². The molecule has 0 radical (unpaired) electrons. The van der Waals surface area contributed by atoms with Gasteiger partial charge in [0.25, 0.3) is 0 Å². The lowest BCUT2D eigenvalue weighted by atomic mass is 9.91. The van der Waals surface area contributed by atoms with Crippen molar-refractivity contribution in [3.8, 4) is 11.1 Å². The van der Waals surface area contributed by atoms with Crippen LogP contribution in [0.15, 0.2) is 35.0 Å². The molecule has 1 heterocycles. The standard InChI is InChI=1S/C11H9NO/c1-2-4-9-8(3-1)5-6-11-10(9)7-12-13-11/h1-4,7H,5-6H2. The fraction of sp³-hybridized carbons (Fsp3) is 0.182. The number of nitrogens with zero attached hydrogens (tertiary/aromatic N) is 1. The zero-order valence-corrected chi connectivity index (χ0v) is 7.16. The third kappa shape index (κ3) is 0.917. The average molecular weight is 171 g/mol. The van der Waals surface area contributed by atoms with Gasteiger partial charge in [0.2, 0.25) is 0 Å². The molecule has 1 aliphatic carbocycles. The first kappa shape index (κ1) is 6.89. The van der Waals surface area contributed by atoms with E-state index in [4.69, 9.17) is 4.52 Å². The van der Waals surface area contributed by atoms with Crippen molar-refractivity contribution >= 4 is 0 Å². The summed E-state index contributed by atoms with van der Waals surface area (Å²) in [5.74, 6) is 1.03. The van der Waals surface area contributed by atoms with Gasteiger partial charge in [-0.15, -0.1) is 0 Å². The van der Waals surface area contributed by atoms with Gasteiger partial charge < -0.3 is 4.52 Å². The van der Waals surface area contributed by atoms with Crippen LogP contribution in [-0.2, 0) is 12.8 Å². The minimum Gasteiger partial charge on any atom is -0.361 e. The molecule has 0 unspecified atom stereocenters. The summed E-state index contributed by atoms with van der Waals surface area (Å²) in [7, 11) is 0. The molecule has 1 aromatic carbocycles. The van der Waals surface area contributed by atoms with Crippen LogP contribution in [0.1, 0.15) is 11.3 Å². The first-order valence-electron chi connectivity index (χ1n) is 4.47. The summed E-state index contributed by atoms with van der Waals surface area (Å²) >= 11 is 0. The summed E-state index contributed by atoms with van der Waals surface area (Å²) in [6, 6.07) is 8.44. The third-order valence-corrected chi connectivity index (χ3v) is 2.57.